The van der Waals surface area contributed by atoms with Crippen molar-refractivity contribution in [1.29, 1.82) is 0 Å². The Hall–Kier alpha value is -1.10. The molecule has 0 unspecified atom stereocenters. The lowest BCUT2D eigenvalue weighted by Gasteiger charge is -2.23. The molecule has 0 aromatic carbocycles. The highest BCUT2D eigenvalue weighted by atomic mass is 16.5. The lowest BCUT2D eigenvalue weighted by molar-refractivity contribution is -0.129. The normalized spacial score (nSPS) is 19.1. The number of carbonyl (C=O) groups is 1. The van der Waals surface area contributed by atoms with Crippen molar-refractivity contribution >= 4 is 12.2 Å². The van der Waals surface area contributed by atoms with Crippen LogP contribution in [0.15, 0.2) is 5.10 Å². The van der Waals surface area contributed by atoms with Crippen molar-refractivity contribution < 1.29 is 14.6 Å². The third kappa shape index (κ3) is 2.99. The zero-order chi connectivity index (χ0) is 8.10. The second kappa shape index (κ2) is 3.92. The van der Waals surface area contributed by atoms with Crippen molar-refractivity contribution in [2.75, 3.05) is 26.3 Å². The first-order chi connectivity index (χ1) is 5.29. The lowest BCUT2D eigenvalue weighted by Crippen LogP contribution is -2.32. The fraction of sp³-hybridized carbons (Fsp3) is 0.667. The molecule has 5 heteroatoms. The summed E-state index contributed by atoms with van der Waals surface area (Å²) in [6, 6.07) is 0. The molecule has 0 bridgehead atoms. The molecular formula is C6H10N2O3. The minimum absolute atomic E-state index is 0.622. The van der Waals surface area contributed by atoms with Crippen molar-refractivity contribution in [2.24, 2.45) is 5.10 Å². The molecule has 1 N–H and O–H groups in total. The van der Waals surface area contributed by atoms with Gasteiger partial charge in [0.25, 0.3) is 0 Å². The third-order valence-corrected chi connectivity index (χ3v) is 1.32. The van der Waals surface area contributed by atoms with Gasteiger partial charge in [0, 0.05) is 0 Å². The van der Waals surface area contributed by atoms with Crippen LogP contribution < -0.4 is 0 Å². The topological polar surface area (TPSA) is 62.1 Å². The maximum atomic E-state index is 10.0. The SMILES string of the molecule is O=C(O)/C=N/N1CCOCC1. The molecule has 0 amide bonds. The molecule has 1 aliphatic heterocycles. The first-order valence-electron chi connectivity index (χ1n) is 3.38. The van der Waals surface area contributed by atoms with E-state index < -0.39 is 5.97 Å². The van der Waals surface area contributed by atoms with Gasteiger partial charge in [0.05, 0.1) is 26.3 Å². The molecule has 0 saturated carbocycles. The molecule has 11 heavy (non-hydrogen) atoms. The van der Waals surface area contributed by atoms with Gasteiger partial charge >= 0.3 is 5.97 Å². The molecule has 0 radical (unpaired) electrons. The zero-order valence-corrected chi connectivity index (χ0v) is 6.06. The van der Waals surface area contributed by atoms with Crippen LogP contribution in [0.25, 0.3) is 0 Å². The summed E-state index contributed by atoms with van der Waals surface area (Å²) in [5, 5.41) is 13.6. The molecule has 1 heterocycles. The first kappa shape index (κ1) is 8.00. The second-order valence-electron chi connectivity index (χ2n) is 2.15. The van der Waals surface area contributed by atoms with E-state index in [1.54, 1.807) is 5.01 Å². The number of aliphatic carboxylic acids is 1. The van der Waals surface area contributed by atoms with E-state index in [0.29, 0.717) is 26.3 Å². The fourth-order valence-corrected chi connectivity index (χ4v) is 0.800. The molecule has 1 aliphatic rings. The zero-order valence-electron chi connectivity index (χ0n) is 6.06. The van der Waals surface area contributed by atoms with Crippen molar-refractivity contribution in [3.8, 4) is 0 Å². The van der Waals surface area contributed by atoms with Crippen LogP contribution in [-0.2, 0) is 9.53 Å². The van der Waals surface area contributed by atoms with Crippen LogP contribution in [0.5, 0.6) is 0 Å². The molecule has 62 valence electrons. The van der Waals surface area contributed by atoms with Gasteiger partial charge in [-0.25, -0.2) is 4.79 Å². The summed E-state index contributed by atoms with van der Waals surface area (Å²) in [5.74, 6) is -1.02. The molecule has 0 aromatic rings. The van der Waals surface area contributed by atoms with Gasteiger partial charge in [0.15, 0.2) is 0 Å². The largest absolute Gasteiger partial charge is 0.477 e. The van der Waals surface area contributed by atoms with E-state index in [4.69, 9.17) is 9.84 Å². The van der Waals surface area contributed by atoms with Gasteiger partial charge in [-0.05, 0) is 0 Å². The monoisotopic (exact) mass is 158 g/mol. The Kier molecular flexibility index (Phi) is 2.85. The van der Waals surface area contributed by atoms with Crippen LogP contribution in [0.3, 0.4) is 0 Å². The van der Waals surface area contributed by atoms with Crippen molar-refractivity contribution in [2.45, 2.75) is 0 Å². The molecule has 1 saturated heterocycles. The molecule has 1 rings (SSSR count). The number of carboxylic acids is 1. The van der Waals surface area contributed by atoms with Gasteiger partial charge in [-0.3, -0.25) is 5.01 Å². The summed E-state index contributed by atoms with van der Waals surface area (Å²) in [7, 11) is 0. The van der Waals surface area contributed by atoms with Crippen molar-refractivity contribution in [1.82, 2.24) is 5.01 Å². The number of ether oxygens (including phenoxy) is 1. The smallest absolute Gasteiger partial charge is 0.348 e. The van der Waals surface area contributed by atoms with E-state index in [9.17, 15) is 4.79 Å². The summed E-state index contributed by atoms with van der Waals surface area (Å²) in [5.41, 5.74) is 0. The average molecular weight is 158 g/mol. The predicted molar refractivity (Wildman–Crippen MR) is 38.5 cm³/mol. The quantitative estimate of drug-likeness (QED) is 0.544. The number of carboxylic acid groups (broad SMARTS) is 1. The molecule has 0 spiro atoms. The average Bonchev–Trinajstić information content (AvgIpc) is 2.03. The summed E-state index contributed by atoms with van der Waals surface area (Å²) >= 11 is 0. The van der Waals surface area contributed by atoms with Gasteiger partial charge < -0.3 is 9.84 Å². The number of nitrogens with zero attached hydrogens (tertiary/aromatic N) is 2. The van der Waals surface area contributed by atoms with Crippen LogP contribution in [-0.4, -0.2) is 48.6 Å². The van der Waals surface area contributed by atoms with Gasteiger partial charge in [-0.1, -0.05) is 0 Å². The van der Waals surface area contributed by atoms with E-state index in [-0.39, 0.29) is 0 Å². The van der Waals surface area contributed by atoms with Gasteiger partial charge in [-0.15, -0.1) is 0 Å². The summed E-state index contributed by atoms with van der Waals surface area (Å²) in [6.45, 7) is 2.58. The van der Waals surface area contributed by atoms with Gasteiger partial charge in [0.1, 0.15) is 6.21 Å². The minimum atomic E-state index is -1.02. The maximum absolute atomic E-state index is 10.0. The Morgan fingerprint density at radius 2 is 2.18 bits per heavy atom. The van der Waals surface area contributed by atoms with E-state index in [1.807, 2.05) is 0 Å². The molecular weight excluding hydrogens is 148 g/mol. The van der Waals surface area contributed by atoms with Crippen LogP contribution in [0.2, 0.25) is 0 Å². The predicted octanol–water partition coefficient (Wildman–Crippen LogP) is -0.611. The van der Waals surface area contributed by atoms with Crippen LogP contribution in [0.1, 0.15) is 0 Å². The molecule has 1 fully saturated rings. The van der Waals surface area contributed by atoms with Gasteiger partial charge in [-0.2, -0.15) is 5.10 Å². The Labute approximate surface area is 64.3 Å². The lowest BCUT2D eigenvalue weighted by atomic mass is 10.5. The van der Waals surface area contributed by atoms with E-state index in [2.05, 4.69) is 5.10 Å². The van der Waals surface area contributed by atoms with Crippen LogP contribution >= 0.6 is 0 Å². The number of rotatable bonds is 2. The third-order valence-electron chi connectivity index (χ3n) is 1.32. The molecule has 0 aromatic heterocycles. The van der Waals surface area contributed by atoms with Crippen molar-refractivity contribution in [3.63, 3.8) is 0 Å². The summed E-state index contributed by atoms with van der Waals surface area (Å²) in [4.78, 5) is 10.0. The maximum Gasteiger partial charge on any atom is 0.348 e. The van der Waals surface area contributed by atoms with E-state index >= 15 is 0 Å². The second-order valence-corrected chi connectivity index (χ2v) is 2.15. The number of morpholine rings is 1. The Morgan fingerprint density at radius 3 is 2.73 bits per heavy atom. The highest BCUT2D eigenvalue weighted by molar-refractivity contribution is 6.21. The number of hydrogen-bond donors (Lipinski definition) is 1. The molecule has 0 aliphatic carbocycles. The summed E-state index contributed by atoms with van der Waals surface area (Å²) < 4.78 is 5.04. The number of hydrogen-bond acceptors (Lipinski definition) is 4. The van der Waals surface area contributed by atoms with Gasteiger partial charge in [0.2, 0.25) is 0 Å². The summed E-state index contributed by atoms with van der Waals surface area (Å²) in [6.07, 6.45) is 0.894. The highest BCUT2D eigenvalue weighted by Crippen LogP contribution is 1.95. The molecule has 0 atom stereocenters. The standard InChI is InChI=1S/C6H10N2O3/c9-6(10)5-7-8-1-3-11-4-2-8/h5H,1-4H2,(H,9,10)/b7-5+. The van der Waals surface area contributed by atoms with Crippen LogP contribution in [0, 0.1) is 0 Å². The Morgan fingerprint density at radius 1 is 1.55 bits per heavy atom. The van der Waals surface area contributed by atoms with Crippen LogP contribution in [0.4, 0.5) is 0 Å². The van der Waals surface area contributed by atoms with E-state index in [0.717, 1.165) is 6.21 Å². The Balaban J connectivity index is 2.29. The minimum Gasteiger partial charge on any atom is -0.477 e. The Bertz CT molecular complexity index is 163. The molecule has 5 nitrogen and oxygen atoms in total. The van der Waals surface area contributed by atoms with Crippen molar-refractivity contribution in [3.05, 3.63) is 0 Å². The number of hydrazone groups is 1. The highest BCUT2D eigenvalue weighted by Gasteiger charge is 2.06. The van der Waals surface area contributed by atoms with E-state index in [1.165, 1.54) is 0 Å². The first-order valence-corrected chi connectivity index (χ1v) is 3.38. The fourth-order valence-electron chi connectivity index (χ4n) is 0.800.